The van der Waals surface area contributed by atoms with Gasteiger partial charge in [-0.15, -0.1) is 0 Å². The summed E-state index contributed by atoms with van der Waals surface area (Å²) < 4.78 is 0. The minimum atomic E-state index is -0.436. The number of likely N-dealkylation sites (N-methyl/N-ethyl adjacent to an activating group) is 1. The molecule has 2 N–H and O–H groups in total. The number of nitro benzene ring substituents is 1. The first-order valence-corrected chi connectivity index (χ1v) is 6.98. The first-order valence-electron chi connectivity index (χ1n) is 6.98. The van der Waals surface area contributed by atoms with Crippen molar-refractivity contribution < 1.29 is 9.72 Å². The van der Waals surface area contributed by atoms with E-state index in [4.69, 9.17) is 0 Å². The van der Waals surface area contributed by atoms with E-state index in [1.807, 2.05) is 11.9 Å². The second-order valence-electron chi connectivity index (χ2n) is 5.15. The molecule has 7 nitrogen and oxygen atoms in total. The second kappa shape index (κ2) is 6.53. The van der Waals surface area contributed by atoms with Gasteiger partial charge in [-0.3, -0.25) is 14.9 Å². The average molecular weight is 292 g/mol. The Morgan fingerprint density at radius 1 is 1.52 bits per heavy atom. The van der Waals surface area contributed by atoms with E-state index in [0.29, 0.717) is 11.3 Å². The fraction of sp³-hybridized carbons (Fsp3) is 0.500. The molecular formula is C14H20N4O3. The van der Waals surface area contributed by atoms with Gasteiger partial charge in [-0.1, -0.05) is 0 Å². The highest BCUT2D eigenvalue weighted by molar-refractivity contribution is 5.95. The molecule has 0 aromatic heterocycles. The Morgan fingerprint density at radius 3 is 2.86 bits per heavy atom. The molecule has 0 aliphatic carbocycles. The Balaban J connectivity index is 2.33. The lowest BCUT2D eigenvalue weighted by Gasteiger charge is -2.33. The van der Waals surface area contributed by atoms with E-state index in [2.05, 4.69) is 10.6 Å². The van der Waals surface area contributed by atoms with Gasteiger partial charge in [0, 0.05) is 38.3 Å². The summed E-state index contributed by atoms with van der Waals surface area (Å²) in [6.45, 7) is 1.80. The van der Waals surface area contributed by atoms with Gasteiger partial charge in [0.15, 0.2) is 0 Å². The van der Waals surface area contributed by atoms with E-state index < -0.39 is 4.92 Å². The van der Waals surface area contributed by atoms with E-state index in [1.54, 1.807) is 12.1 Å². The fourth-order valence-corrected chi connectivity index (χ4v) is 2.61. The number of amides is 1. The molecule has 0 spiro atoms. The van der Waals surface area contributed by atoms with Gasteiger partial charge in [0.1, 0.15) is 5.69 Å². The van der Waals surface area contributed by atoms with Crippen LogP contribution in [0.4, 0.5) is 11.4 Å². The van der Waals surface area contributed by atoms with Crippen LogP contribution in [0.25, 0.3) is 0 Å². The predicted molar refractivity (Wildman–Crippen MR) is 80.8 cm³/mol. The van der Waals surface area contributed by atoms with Crippen molar-refractivity contribution in [2.45, 2.75) is 18.9 Å². The van der Waals surface area contributed by atoms with Crippen LogP contribution < -0.4 is 15.5 Å². The van der Waals surface area contributed by atoms with Crippen molar-refractivity contribution in [3.05, 3.63) is 33.9 Å². The van der Waals surface area contributed by atoms with Crippen molar-refractivity contribution in [1.82, 2.24) is 10.6 Å². The number of benzene rings is 1. The zero-order valence-corrected chi connectivity index (χ0v) is 12.3. The smallest absolute Gasteiger partial charge is 0.293 e. The Morgan fingerprint density at radius 2 is 2.29 bits per heavy atom. The van der Waals surface area contributed by atoms with Crippen LogP contribution in [0.5, 0.6) is 0 Å². The number of nitrogens with zero attached hydrogens (tertiary/aromatic N) is 2. The highest BCUT2D eigenvalue weighted by Gasteiger charge is 2.25. The molecule has 1 atom stereocenters. The Bertz CT molecular complexity index is 541. The Hall–Kier alpha value is -2.15. The lowest BCUT2D eigenvalue weighted by Crippen LogP contribution is -2.44. The SMILES string of the molecule is CNC(=O)c1ccc(N(C)C2CCCNC2)c([N+](=O)[O-])c1. The van der Waals surface area contributed by atoms with Crippen molar-refractivity contribution in [2.24, 2.45) is 0 Å². The summed E-state index contributed by atoms with van der Waals surface area (Å²) in [7, 11) is 3.36. The molecule has 1 aromatic carbocycles. The molecule has 1 aliphatic heterocycles. The maximum absolute atomic E-state index is 11.6. The fourth-order valence-electron chi connectivity index (χ4n) is 2.61. The van der Waals surface area contributed by atoms with E-state index in [-0.39, 0.29) is 17.6 Å². The topological polar surface area (TPSA) is 87.5 Å². The average Bonchev–Trinajstić information content (AvgIpc) is 2.53. The monoisotopic (exact) mass is 292 g/mol. The van der Waals surface area contributed by atoms with E-state index >= 15 is 0 Å². The Kier molecular flexibility index (Phi) is 4.74. The molecule has 2 rings (SSSR count). The minimum absolute atomic E-state index is 0.0378. The van der Waals surface area contributed by atoms with Crippen molar-refractivity contribution in [3.8, 4) is 0 Å². The van der Waals surface area contributed by atoms with Gasteiger partial charge in [0.05, 0.1) is 4.92 Å². The van der Waals surface area contributed by atoms with Crippen LogP contribution >= 0.6 is 0 Å². The molecule has 21 heavy (non-hydrogen) atoms. The number of rotatable bonds is 4. The third-order valence-corrected chi connectivity index (χ3v) is 3.86. The zero-order valence-electron chi connectivity index (χ0n) is 12.3. The first-order chi connectivity index (χ1) is 10.0. The summed E-state index contributed by atoms with van der Waals surface area (Å²) in [4.78, 5) is 24.4. The van der Waals surface area contributed by atoms with Gasteiger partial charge in [0.25, 0.3) is 11.6 Å². The third-order valence-electron chi connectivity index (χ3n) is 3.86. The summed E-state index contributed by atoms with van der Waals surface area (Å²) >= 11 is 0. The molecule has 0 radical (unpaired) electrons. The summed E-state index contributed by atoms with van der Waals surface area (Å²) in [5, 5.41) is 17.1. The van der Waals surface area contributed by atoms with Crippen LogP contribution in [0.15, 0.2) is 18.2 Å². The molecule has 1 fully saturated rings. The summed E-state index contributed by atoms with van der Waals surface area (Å²) in [6.07, 6.45) is 2.05. The van der Waals surface area contributed by atoms with Crippen LogP contribution in [0, 0.1) is 10.1 Å². The number of carbonyl (C=O) groups is 1. The van der Waals surface area contributed by atoms with E-state index in [9.17, 15) is 14.9 Å². The van der Waals surface area contributed by atoms with E-state index in [1.165, 1.54) is 13.1 Å². The predicted octanol–water partition coefficient (Wildman–Crippen LogP) is 1.14. The highest BCUT2D eigenvalue weighted by Crippen LogP contribution is 2.30. The molecule has 0 bridgehead atoms. The number of nitrogens with one attached hydrogen (secondary N) is 2. The molecule has 1 aromatic rings. The number of hydrogen-bond acceptors (Lipinski definition) is 5. The molecule has 1 heterocycles. The summed E-state index contributed by atoms with van der Waals surface area (Å²) in [5.74, 6) is -0.327. The van der Waals surface area contributed by atoms with E-state index in [0.717, 1.165) is 25.9 Å². The molecule has 1 aliphatic rings. The van der Waals surface area contributed by atoms with Gasteiger partial charge in [0.2, 0.25) is 0 Å². The normalized spacial score (nSPS) is 18.1. The second-order valence-corrected chi connectivity index (χ2v) is 5.15. The molecule has 1 unspecified atom stereocenters. The molecule has 1 saturated heterocycles. The number of nitro groups is 1. The van der Waals surface area contributed by atoms with Crippen molar-refractivity contribution in [3.63, 3.8) is 0 Å². The van der Waals surface area contributed by atoms with Crippen molar-refractivity contribution in [2.75, 3.05) is 32.1 Å². The molecule has 7 heteroatoms. The van der Waals surface area contributed by atoms with Crippen LogP contribution in [-0.2, 0) is 0 Å². The summed E-state index contributed by atoms with van der Waals surface area (Å²) in [5.41, 5.74) is 0.800. The van der Waals surface area contributed by atoms with Crippen LogP contribution in [0.1, 0.15) is 23.2 Å². The van der Waals surface area contributed by atoms with Gasteiger partial charge in [-0.05, 0) is 31.5 Å². The Labute approximate surface area is 123 Å². The van der Waals surface area contributed by atoms with Crippen LogP contribution in [-0.4, -0.2) is 44.1 Å². The lowest BCUT2D eigenvalue weighted by molar-refractivity contribution is -0.384. The summed E-state index contributed by atoms with van der Waals surface area (Å²) in [6, 6.07) is 4.83. The largest absolute Gasteiger partial charge is 0.365 e. The number of piperidine rings is 1. The van der Waals surface area contributed by atoms with Crippen LogP contribution in [0.2, 0.25) is 0 Å². The number of anilines is 1. The molecular weight excluding hydrogens is 272 g/mol. The van der Waals surface area contributed by atoms with Gasteiger partial charge < -0.3 is 15.5 Å². The number of hydrogen-bond donors (Lipinski definition) is 2. The van der Waals surface area contributed by atoms with Crippen LogP contribution in [0.3, 0.4) is 0 Å². The minimum Gasteiger partial charge on any atom is -0.365 e. The molecule has 114 valence electrons. The van der Waals surface area contributed by atoms with Gasteiger partial charge in [-0.2, -0.15) is 0 Å². The quantitative estimate of drug-likeness (QED) is 0.642. The zero-order chi connectivity index (χ0) is 15.4. The number of carbonyl (C=O) groups excluding carboxylic acids is 1. The highest BCUT2D eigenvalue weighted by atomic mass is 16.6. The van der Waals surface area contributed by atoms with Gasteiger partial charge in [-0.25, -0.2) is 0 Å². The third kappa shape index (κ3) is 3.30. The maximum atomic E-state index is 11.6. The molecule has 0 saturated carbocycles. The molecule has 1 amide bonds. The lowest BCUT2D eigenvalue weighted by atomic mass is 10.0. The standard InChI is InChI=1S/C14H20N4O3/c1-15-14(19)10-5-6-12(13(8-10)18(20)21)17(2)11-4-3-7-16-9-11/h5-6,8,11,16H,3-4,7,9H2,1-2H3,(H,15,19). The first kappa shape index (κ1) is 15.2. The maximum Gasteiger partial charge on any atom is 0.293 e. The van der Waals surface area contributed by atoms with Crippen molar-refractivity contribution in [1.29, 1.82) is 0 Å². The van der Waals surface area contributed by atoms with Crippen molar-refractivity contribution >= 4 is 17.3 Å². The van der Waals surface area contributed by atoms with Gasteiger partial charge >= 0.3 is 0 Å².